The van der Waals surface area contributed by atoms with Crippen molar-refractivity contribution in [2.75, 3.05) is 12.3 Å². The SMILES string of the molecule is CCCCCCCCCCCCCCCCOC(=O)c1cccc(N)c1. The molecule has 0 spiro atoms. The van der Waals surface area contributed by atoms with Gasteiger partial charge in [-0.05, 0) is 24.6 Å². The van der Waals surface area contributed by atoms with Gasteiger partial charge in [0.15, 0.2) is 0 Å². The molecule has 0 heterocycles. The zero-order valence-electron chi connectivity index (χ0n) is 16.8. The number of carbonyl (C=O) groups excluding carboxylic acids is 1. The molecule has 0 unspecified atom stereocenters. The number of nitrogen functional groups attached to an aromatic ring is 1. The number of esters is 1. The molecular weight excluding hydrogens is 322 g/mol. The van der Waals surface area contributed by atoms with Gasteiger partial charge in [0.05, 0.1) is 12.2 Å². The fraction of sp³-hybridized carbons (Fsp3) is 0.696. The lowest BCUT2D eigenvalue weighted by Crippen LogP contribution is -2.06. The molecule has 3 nitrogen and oxygen atoms in total. The molecule has 0 radical (unpaired) electrons. The first-order valence-corrected chi connectivity index (χ1v) is 10.8. The predicted octanol–water partition coefficient (Wildman–Crippen LogP) is 6.91. The standard InChI is InChI=1S/C23H39NO2/c1-2-3-4-5-6-7-8-9-10-11-12-13-14-15-19-26-23(25)21-17-16-18-22(24)20-21/h16-18,20H,2-15,19,24H2,1H3. The summed E-state index contributed by atoms with van der Waals surface area (Å²) < 4.78 is 5.30. The Kier molecular flexibility index (Phi) is 13.6. The molecule has 0 fully saturated rings. The van der Waals surface area contributed by atoms with Gasteiger partial charge in [-0.25, -0.2) is 4.79 Å². The molecule has 3 heteroatoms. The van der Waals surface area contributed by atoms with Crippen molar-refractivity contribution in [3.8, 4) is 0 Å². The van der Waals surface area contributed by atoms with Crippen molar-refractivity contribution in [2.45, 2.75) is 96.8 Å². The fourth-order valence-corrected chi connectivity index (χ4v) is 3.21. The molecule has 0 saturated heterocycles. The van der Waals surface area contributed by atoms with Crippen LogP contribution >= 0.6 is 0 Å². The van der Waals surface area contributed by atoms with E-state index in [9.17, 15) is 4.79 Å². The highest BCUT2D eigenvalue weighted by Gasteiger charge is 2.06. The van der Waals surface area contributed by atoms with E-state index in [0.717, 1.165) is 12.8 Å². The van der Waals surface area contributed by atoms with E-state index in [2.05, 4.69) is 6.92 Å². The van der Waals surface area contributed by atoms with Crippen molar-refractivity contribution in [2.24, 2.45) is 0 Å². The van der Waals surface area contributed by atoms with Gasteiger partial charge in [-0.3, -0.25) is 0 Å². The van der Waals surface area contributed by atoms with E-state index in [1.54, 1.807) is 24.3 Å². The van der Waals surface area contributed by atoms with Crippen LogP contribution in [-0.2, 0) is 4.74 Å². The van der Waals surface area contributed by atoms with Crippen LogP contribution in [0.15, 0.2) is 24.3 Å². The van der Waals surface area contributed by atoms with Crippen molar-refractivity contribution in [3.63, 3.8) is 0 Å². The number of anilines is 1. The Morgan fingerprint density at radius 3 is 1.81 bits per heavy atom. The molecule has 0 aliphatic rings. The number of hydrogen-bond acceptors (Lipinski definition) is 3. The number of hydrogen-bond donors (Lipinski definition) is 1. The van der Waals surface area contributed by atoms with Gasteiger partial charge in [0.2, 0.25) is 0 Å². The monoisotopic (exact) mass is 361 g/mol. The molecular formula is C23H39NO2. The van der Waals surface area contributed by atoms with Crippen LogP contribution < -0.4 is 5.73 Å². The van der Waals surface area contributed by atoms with Crippen molar-refractivity contribution in [1.29, 1.82) is 0 Å². The van der Waals surface area contributed by atoms with Crippen LogP contribution in [0.25, 0.3) is 0 Å². The van der Waals surface area contributed by atoms with Gasteiger partial charge in [-0.15, -0.1) is 0 Å². The first-order valence-electron chi connectivity index (χ1n) is 10.8. The lowest BCUT2D eigenvalue weighted by atomic mass is 10.0. The largest absolute Gasteiger partial charge is 0.462 e. The maximum atomic E-state index is 11.9. The van der Waals surface area contributed by atoms with Crippen molar-refractivity contribution in [1.82, 2.24) is 0 Å². The number of carbonyl (C=O) groups is 1. The second-order valence-corrected chi connectivity index (χ2v) is 7.36. The summed E-state index contributed by atoms with van der Waals surface area (Å²) in [6.45, 7) is 2.78. The summed E-state index contributed by atoms with van der Waals surface area (Å²) in [5.74, 6) is -0.271. The van der Waals surface area contributed by atoms with Crippen LogP contribution in [0.3, 0.4) is 0 Å². The number of ether oxygens (including phenoxy) is 1. The number of nitrogens with two attached hydrogens (primary N) is 1. The molecule has 1 rings (SSSR count). The quantitative estimate of drug-likeness (QED) is 0.198. The molecule has 1 aromatic carbocycles. The van der Waals surface area contributed by atoms with E-state index in [0.29, 0.717) is 17.9 Å². The topological polar surface area (TPSA) is 52.3 Å². The third-order valence-electron chi connectivity index (χ3n) is 4.85. The van der Waals surface area contributed by atoms with Gasteiger partial charge in [-0.2, -0.15) is 0 Å². The Morgan fingerprint density at radius 1 is 0.808 bits per heavy atom. The van der Waals surface area contributed by atoms with Crippen LogP contribution in [0.1, 0.15) is 107 Å². The Bertz CT molecular complexity index is 473. The van der Waals surface area contributed by atoms with Crippen LogP contribution in [0.2, 0.25) is 0 Å². The molecule has 0 atom stereocenters. The Balaban J connectivity index is 1.83. The zero-order valence-corrected chi connectivity index (χ0v) is 16.8. The van der Waals surface area contributed by atoms with Gasteiger partial charge in [0, 0.05) is 5.69 Å². The molecule has 2 N–H and O–H groups in total. The molecule has 148 valence electrons. The second kappa shape index (κ2) is 15.7. The Labute approximate surface area is 160 Å². The number of rotatable bonds is 16. The normalized spacial score (nSPS) is 10.8. The van der Waals surface area contributed by atoms with Gasteiger partial charge in [0.1, 0.15) is 0 Å². The molecule has 0 aliphatic heterocycles. The minimum absolute atomic E-state index is 0.271. The van der Waals surface area contributed by atoms with Crippen LogP contribution in [0.4, 0.5) is 5.69 Å². The molecule has 0 aromatic heterocycles. The summed E-state index contributed by atoms with van der Waals surface area (Å²) in [7, 11) is 0. The first kappa shape index (κ1) is 22.5. The smallest absolute Gasteiger partial charge is 0.338 e. The lowest BCUT2D eigenvalue weighted by molar-refractivity contribution is 0.0497. The predicted molar refractivity (Wildman–Crippen MR) is 111 cm³/mol. The summed E-state index contributed by atoms with van der Waals surface area (Å²) in [6.07, 6.45) is 18.6. The molecule has 0 aliphatic carbocycles. The van der Waals surface area contributed by atoms with Crippen molar-refractivity contribution >= 4 is 11.7 Å². The third-order valence-corrected chi connectivity index (χ3v) is 4.85. The highest BCUT2D eigenvalue weighted by molar-refractivity contribution is 5.90. The maximum Gasteiger partial charge on any atom is 0.338 e. The van der Waals surface area contributed by atoms with Gasteiger partial charge in [-0.1, -0.05) is 96.5 Å². The maximum absolute atomic E-state index is 11.9. The van der Waals surface area contributed by atoms with Crippen LogP contribution in [0, 0.1) is 0 Å². The third kappa shape index (κ3) is 11.9. The fourth-order valence-electron chi connectivity index (χ4n) is 3.21. The van der Waals surface area contributed by atoms with E-state index < -0.39 is 0 Å². The molecule has 1 aromatic rings. The van der Waals surface area contributed by atoms with Gasteiger partial charge in [0.25, 0.3) is 0 Å². The summed E-state index contributed by atoms with van der Waals surface area (Å²) in [4.78, 5) is 11.9. The van der Waals surface area contributed by atoms with E-state index in [1.807, 2.05) is 0 Å². The van der Waals surface area contributed by atoms with E-state index in [4.69, 9.17) is 10.5 Å². The average Bonchev–Trinajstić information content (AvgIpc) is 2.64. The summed E-state index contributed by atoms with van der Waals surface area (Å²) in [6, 6.07) is 6.94. The Morgan fingerprint density at radius 2 is 1.31 bits per heavy atom. The van der Waals surface area contributed by atoms with E-state index in [1.165, 1.54) is 77.0 Å². The highest BCUT2D eigenvalue weighted by atomic mass is 16.5. The summed E-state index contributed by atoms with van der Waals surface area (Å²) >= 11 is 0. The minimum atomic E-state index is -0.271. The van der Waals surface area contributed by atoms with Crippen LogP contribution in [-0.4, -0.2) is 12.6 Å². The molecule has 26 heavy (non-hydrogen) atoms. The minimum Gasteiger partial charge on any atom is -0.462 e. The first-order chi connectivity index (χ1) is 12.7. The number of benzene rings is 1. The summed E-state index contributed by atoms with van der Waals surface area (Å²) in [5.41, 5.74) is 6.81. The second-order valence-electron chi connectivity index (χ2n) is 7.36. The van der Waals surface area contributed by atoms with Crippen molar-refractivity contribution < 1.29 is 9.53 Å². The van der Waals surface area contributed by atoms with Crippen molar-refractivity contribution in [3.05, 3.63) is 29.8 Å². The molecule has 0 bridgehead atoms. The summed E-state index contributed by atoms with van der Waals surface area (Å²) in [5, 5.41) is 0. The zero-order chi connectivity index (χ0) is 18.9. The molecule has 0 amide bonds. The Hall–Kier alpha value is -1.51. The number of unbranched alkanes of at least 4 members (excludes halogenated alkanes) is 13. The van der Waals surface area contributed by atoms with Gasteiger partial charge < -0.3 is 10.5 Å². The average molecular weight is 362 g/mol. The van der Waals surface area contributed by atoms with Crippen LogP contribution in [0.5, 0.6) is 0 Å². The highest BCUT2D eigenvalue weighted by Crippen LogP contribution is 2.13. The van der Waals surface area contributed by atoms with E-state index >= 15 is 0 Å². The van der Waals surface area contributed by atoms with E-state index in [-0.39, 0.29) is 5.97 Å². The molecule has 0 saturated carbocycles. The van der Waals surface area contributed by atoms with Gasteiger partial charge >= 0.3 is 5.97 Å². The lowest BCUT2D eigenvalue weighted by Gasteiger charge is -2.06.